The molecule has 3 N–H and O–H groups in total. The van der Waals surface area contributed by atoms with Gasteiger partial charge in [0.1, 0.15) is 17.0 Å². The Kier molecular flexibility index (Phi) is 4.26. The van der Waals surface area contributed by atoms with Crippen molar-refractivity contribution in [1.29, 1.82) is 0 Å². The van der Waals surface area contributed by atoms with E-state index in [1.807, 2.05) is 0 Å². The summed E-state index contributed by atoms with van der Waals surface area (Å²) in [4.78, 5) is -0.0976. The Morgan fingerprint density at radius 2 is 2.20 bits per heavy atom. The SMILES string of the molecule is Cn1cnnc1CCNS(=O)(=O)c1c(N)cccc1Cl. The number of benzene rings is 1. The smallest absolute Gasteiger partial charge is 0.244 e. The number of aromatic nitrogens is 3. The van der Waals surface area contributed by atoms with E-state index in [1.54, 1.807) is 24.0 Å². The molecular weight excluding hydrogens is 302 g/mol. The summed E-state index contributed by atoms with van der Waals surface area (Å²) in [7, 11) is -1.96. The molecule has 0 radical (unpaired) electrons. The van der Waals surface area contributed by atoms with Crippen LogP contribution < -0.4 is 10.5 Å². The number of sulfonamides is 1. The molecule has 1 aromatic carbocycles. The van der Waals surface area contributed by atoms with Crippen molar-refractivity contribution in [3.63, 3.8) is 0 Å². The van der Waals surface area contributed by atoms with Crippen LogP contribution in [0.25, 0.3) is 0 Å². The molecule has 0 unspecified atom stereocenters. The van der Waals surface area contributed by atoms with Crippen LogP contribution in [0.3, 0.4) is 0 Å². The summed E-state index contributed by atoms with van der Waals surface area (Å²) in [6.07, 6.45) is 1.97. The Balaban J connectivity index is 2.10. The number of hydrogen-bond donors (Lipinski definition) is 2. The monoisotopic (exact) mass is 315 g/mol. The molecule has 1 heterocycles. The fourth-order valence-electron chi connectivity index (χ4n) is 1.71. The van der Waals surface area contributed by atoms with Crippen LogP contribution in [0.15, 0.2) is 29.4 Å². The molecule has 108 valence electrons. The molecule has 0 bridgehead atoms. The van der Waals surface area contributed by atoms with Crippen LogP contribution in [-0.2, 0) is 23.5 Å². The Bertz CT molecular complexity index is 693. The Labute approximate surface area is 121 Å². The number of nitrogens with one attached hydrogen (secondary N) is 1. The van der Waals surface area contributed by atoms with Crippen LogP contribution in [0, 0.1) is 0 Å². The largest absolute Gasteiger partial charge is 0.398 e. The van der Waals surface area contributed by atoms with Gasteiger partial charge in [-0.1, -0.05) is 17.7 Å². The minimum atomic E-state index is -3.75. The van der Waals surface area contributed by atoms with Crippen molar-refractivity contribution in [2.75, 3.05) is 12.3 Å². The van der Waals surface area contributed by atoms with Crippen molar-refractivity contribution in [1.82, 2.24) is 19.5 Å². The van der Waals surface area contributed by atoms with E-state index in [0.29, 0.717) is 12.2 Å². The maximum Gasteiger partial charge on any atom is 0.244 e. The zero-order valence-corrected chi connectivity index (χ0v) is 12.3. The van der Waals surface area contributed by atoms with E-state index in [0.717, 1.165) is 0 Å². The summed E-state index contributed by atoms with van der Waals surface area (Å²) < 4.78 is 28.5. The van der Waals surface area contributed by atoms with E-state index in [4.69, 9.17) is 17.3 Å². The standard InChI is InChI=1S/C11H14ClN5O2S/c1-17-7-14-16-10(17)5-6-15-20(18,19)11-8(12)3-2-4-9(11)13/h2-4,7,15H,5-6,13H2,1H3. The van der Waals surface area contributed by atoms with E-state index in [9.17, 15) is 8.42 Å². The van der Waals surface area contributed by atoms with Gasteiger partial charge in [-0.2, -0.15) is 0 Å². The molecule has 0 aliphatic heterocycles. The molecule has 0 saturated carbocycles. The second-order valence-corrected chi connectivity index (χ2v) is 6.28. The lowest BCUT2D eigenvalue weighted by atomic mass is 10.3. The van der Waals surface area contributed by atoms with Crippen LogP contribution >= 0.6 is 11.6 Å². The highest BCUT2D eigenvalue weighted by Crippen LogP contribution is 2.26. The molecule has 0 spiro atoms. The molecule has 7 nitrogen and oxygen atoms in total. The number of aryl methyl sites for hydroxylation is 1. The van der Waals surface area contributed by atoms with Gasteiger partial charge in [0.2, 0.25) is 10.0 Å². The van der Waals surface area contributed by atoms with E-state index >= 15 is 0 Å². The molecule has 2 aromatic rings. The molecule has 0 aliphatic carbocycles. The van der Waals surface area contributed by atoms with E-state index in [-0.39, 0.29) is 22.2 Å². The van der Waals surface area contributed by atoms with Gasteiger partial charge in [0.05, 0.1) is 10.7 Å². The zero-order valence-electron chi connectivity index (χ0n) is 10.7. The van der Waals surface area contributed by atoms with Gasteiger partial charge in [-0.25, -0.2) is 13.1 Å². The number of halogens is 1. The number of anilines is 1. The summed E-state index contributed by atoms with van der Waals surface area (Å²) in [6, 6.07) is 4.56. The van der Waals surface area contributed by atoms with Gasteiger partial charge in [-0.05, 0) is 12.1 Å². The lowest BCUT2D eigenvalue weighted by molar-refractivity contribution is 0.580. The first-order valence-corrected chi connectivity index (χ1v) is 7.64. The van der Waals surface area contributed by atoms with Crippen molar-refractivity contribution in [2.24, 2.45) is 7.05 Å². The normalized spacial score (nSPS) is 11.7. The van der Waals surface area contributed by atoms with E-state index < -0.39 is 10.0 Å². The number of nitrogens with zero attached hydrogens (tertiary/aromatic N) is 3. The molecular formula is C11H14ClN5O2S. The van der Waals surface area contributed by atoms with Gasteiger partial charge in [-0.15, -0.1) is 10.2 Å². The van der Waals surface area contributed by atoms with Crippen LogP contribution in [0.1, 0.15) is 5.82 Å². The molecule has 0 saturated heterocycles. The third kappa shape index (κ3) is 3.09. The summed E-state index contributed by atoms with van der Waals surface area (Å²) in [5.41, 5.74) is 5.78. The summed E-state index contributed by atoms with van der Waals surface area (Å²) >= 11 is 5.89. The van der Waals surface area contributed by atoms with Crippen molar-refractivity contribution in [3.8, 4) is 0 Å². The minimum absolute atomic E-state index is 0.0937. The summed E-state index contributed by atoms with van der Waals surface area (Å²) in [5, 5.41) is 7.68. The maximum absolute atomic E-state index is 12.2. The Morgan fingerprint density at radius 3 is 2.80 bits per heavy atom. The van der Waals surface area contributed by atoms with Gasteiger partial charge in [0.15, 0.2) is 0 Å². The molecule has 0 aliphatic rings. The second-order valence-electron chi connectivity index (χ2n) is 4.16. The number of hydrogen-bond acceptors (Lipinski definition) is 5. The van der Waals surface area contributed by atoms with Crippen molar-refractivity contribution in [2.45, 2.75) is 11.3 Å². The average molecular weight is 316 g/mol. The van der Waals surface area contributed by atoms with Gasteiger partial charge in [0, 0.05) is 20.0 Å². The van der Waals surface area contributed by atoms with Crippen LogP contribution in [-0.4, -0.2) is 29.7 Å². The lowest BCUT2D eigenvalue weighted by Crippen LogP contribution is -2.27. The third-order valence-corrected chi connectivity index (χ3v) is 4.72. The third-order valence-electron chi connectivity index (χ3n) is 2.71. The van der Waals surface area contributed by atoms with Gasteiger partial charge >= 0.3 is 0 Å². The fourth-order valence-corrected chi connectivity index (χ4v) is 3.42. The number of nitrogens with two attached hydrogens (primary N) is 1. The summed E-state index contributed by atoms with van der Waals surface area (Å²) in [5.74, 6) is 0.680. The Hall–Kier alpha value is -1.64. The molecule has 9 heteroatoms. The maximum atomic E-state index is 12.2. The van der Waals surface area contributed by atoms with Gasteiger partial charge < -0.3 is 10.3 Å². The van der Waals surface area contributed by atoms with Crippen molar-refractivity contribution < 1.29 is 8.42 Å². The molecule has 0 fully saturated rings. The second kappa shape index (κ2) is 5.78. The Morgan fingerprint density at radius 1 is 1.45 bits per heavy atom. The fraction of sp³-hybridized carbons (Fsp3) is 0.273. The van der Waals surface area contributed by atoms with Crippen molar-refractivity contribution >= 4 is 27.3 Å². The topological polar surface area (TPSA) is 103 Å². The average Bonchev–Trinajstić information content (AvgIpc) is 2.74. The predicted octanol–water partition coefficient (Wildman–Crippen LogP) is 0.572. The zero-order chi connectivity index (χ0) is 14.8. The molecule has 2 rings (SSSR count). The minimum Gasteiger partial charge on any atom is -0.398 e. The van der Waals surface area contributed by atoms with Crippen LogP contribution in [0.5, 0.6) is 0 Å². The van der Waals surface area contributed by atoms with Crippen LogP contribution in [0.2, 0.25) is 5.02 Å². The highest BCUT2D eigenvalue weighted by atomic mass is 35.5. The van der Waals surface area contributed by atoms with Gasteiger partial charge in [0.25, 0.3) is 0 Å². The van der Waals surface area contributed by atoms with Crippen molar-refractivity contribution in [3.05, 3.63) is 35.4 Å². The molecule has 20 heavy (non-hydrogen) atoms. The number of rotatable bonds is 5. The van der Waals surface area contributed by atoms with Crippen LogP contribution in [0.4, 0.5) is 5.69 Å². The van der Waals surface area contributed by atoms with Gasteiger partial charge in [-0.3, -0.25) is 0 Å². The lowest BCUT2D eigenvalue weighted by Gasteiger charge is -2.10. The first-order chi connectivity index (χ1) is 9.42. The van der Waals surface area contributed by atoms with E-state index in [1.165, 1.54) is 12.1 Å². The first kappa shape index (κ1) is 14.8. The predicted molar refractivity (Wildman–Crippen MR) is 75.8 cm³/mol. The highest BCUT2D eigenvalue weighted by molar-refractivity contribution is 7.89. The molecule has 1 aromatic heterocycles. The number of nitrogen functional groups attached to an aromatic ring is 1. The quantitative estimate of drug-likeness (QED) is 0.785. The van der Waals surface area contributed by atoms with E-state index in [2.05, 4.69) is 14.9 Å². The molecule has 0 amide bonds. The first-order valence-electron chi connectivity index (χ1n) is 5.78. The highest BCUT2D eigenvalue weighted by Gasteiger charge is 2.20. The summed E-state index contributed by atoms with van der Waals surface area (Å²) in [6.45, 7) is 0.180. The molecule has 0 atom stereocenters.